The maximum absolute atomic E-state index is 14.0. The molecule has 0 bridgehead atoms. The van der Waals surface area contributed by atoms with Gasteiger partial charge in [-0.15, -0.1) is 0 Å². The van der Waals surface area contributed by atoms with Gasteiger partial charge in [0.05, 0.1) is 24.0 Å². The lowest BCUT2D eigenvalue weighted by Gasteiger charge is -2.30. The van der Waals surface area contributed by atoms with Gasteiger partial charge < -0.3 is 15.4 Å². The van der Waals surface area contributed by atoms with Crippen molar-refractivity contribution >= 4 is 23.3 Å². The van der Waals surface area contributed by atoms with E-state index in [0.717, 1.165) is 0 Å². The van der Waals surface area contributed by atoms with Crippen LogP contribution in [0.2, 0.25) is 0 Å². The van der Waals surface area contributed by atoms with Gasteiger partial charge in [0.15, 0.2) is 0 Å². The van der Waals surface area contributed by atoms with Crippen LogP contribution < -0.4 is 15.4 Å². The van der Waals surface area contributed by atoms with E-state index >= 15 is 0 Å². The van der Waals surface area contributed by atoms with E-state index in [9.17, 15) is 14.0 Å². The molecule has 0 saturated heterocycles. The molecule has 1 aromatic heterocycles. The lowest BCUT2D eigenvalue weighted by atomic mass is 10.2. The van der Waals surface area contributed by atoms with Crippen molar-refractivity contribution in [2.45, 2.75) is 46.3 Å². The van der Waals surface area contributed by atoms with Crippen molar-refractivity contribution in [3.63, 3.8) is 0 Å². The molecule has 162 valence electrons. The van der Waals surface area contributed by atoms with Crippen LogP contribution in [-0.2, 0) is 9.63 Å². The van der Waals surface area contributed by atoms with Crippen molar-refractivity contribution < 1.29 is 23.6 Å². The fourth-order valence-electron chi connectivity index (χ4n) is 2.50. The van der Waals surface area contributed by atoms with E-state index in [1.807, 2.05) is 20.8 Å². The first-order valence-electron chi connectivity index (χ1n) is 9.44. The van der Waals surface area contributed by atoms with Crippen LogP contribution >= 0.6 is 0 Å². The molecule has 9 heteroatoms. The first kappa shape index (κ1) is 23.1. The number of nitrogens with zero attached hydrogens (tertiary/aromatic N) is 2. The summed E-state index contributed by atoms with van der Waals surface area (Å²) in [6, 6.07) is 6.67. The van der Waals surface area contributed by atoms with E-state index in [1.54, 1.807) is 25.3 Å². The first-order valence-corrected chi connectivity index (χ1v) is 9.44. The minimum atomic E-state index is -0.578. The van der Waals surface area contributed by atoms with Crippen LogP contribution in [0.15, 0.2) is 42.7 Å². The lowest BCUT2D eigenvalue weighted by molar-refractivity contribution is -0.230. The highest BCUT2D eigenvalue weighted by Gasteiger charge is 2.22. The average Bonchev–Trinajstić information content (AvgIpc) is 2.60. The number of hydroxylamine groups is 2. The molecular weight excluding hydrogens is 391 g/mol. The van der Waals surface area contributed by atoms with Gasteiger partial charge in [-0.3, -0.25) is 14.6 Å². The number of benzene rings is 1. The van der Waals surface area contributed by atoms with Gasteiger partial charge in [0.1, 0.15) is 17.7 Å². The highest BCUT2D eigenvalue weighted by atomic mass is 19.1. The predicted octanol–water partition coefficient (Wildman–Crippen LogP) is 4.21. The van der Waals surface area contributed by atoms with Gasteiger partial charge in [0.25, 0.3) is 0 Å². The van der Waals surface area contributed by atoms with Crippen LogP contribution in [0.4, 0.5) is 20.6 Å². The van der Waals surface area contributed by atoms with Gasteiger partial charge in [-0.05, 0) is 45.9 Å². The first-order chi connectivity index (χ1) is 14.0. The Hall–Kier alpha value is -3.20. The second-order valence-electron chi connectivity index (χ2n) is 7.71. The van der Waals surface area contributed by atoms with Crippen LogP contribution in [0.25, 0.3) is 0 Å². The van der Waals surface area contributed by atoms with Crippen molar-refractivity contribution in [3.05, 3.63) is 48.5 Å². The summed E-state index contributed by atoms with van der Waals surface area (Å²) >= 11 is 0. The number of carbonyl (C=O) groups is 2. The highest BCUT2D eigenvalue weighted by Crippen LogP contribution is 2.22. The number of hydrogen-bond acceptors (Lipinski definition) is 5. The number of rotatable bonds is 7. The Morgan fingerprint density at radius 3 is 2.50 bits per heavy atom. The van der Waals surface area contributed by atoms with Crippen molar-refractivity contribution in [3.8, 4) is 5.75 Å². The van der Waals surface area contributed by atoms with Crippen molar-refractivity contribution in [2.24, 2.45) is 0 Å². The molecule has 0 unspecified atom stereocenters. The van der Waals surface area contributed by atoms with Crippen molar-refractivity contribution in [1.82, 2.24) is 10.0 Å². The van der Waals surface area contributed by atoms with Crippen LogP contribution in [-0.4, -0.2) is 40.2 Å². The zero-order valence-electron chi connectivity index (χ0n) is 17.7. The topological polar surface area (TPSA) is 92.8 Å². The fraction of sp³-hybridized carbons (Fsp3) is 0.381. The van der Waals surface area contributed by atoms with Crippen LogP contribution in [0.1, 0.15) is 34.6 Å². The van der Waals surface area contributed by atoms with Crippen molar-refractivity contribution in [1.29, 1.82) is 0 Å². The zero-order chi connectivity index (χ0) is 22.3. The molecule has 0 aliphatic heterocycles. The standard InChI is InChI=1S/C21H27FN4O4/c1-14(13-26(15(2)27)30-21(3,4)5)29-19-10-16(22)9-18(11-19)25-20(28)24-17-7-6-8-23-12-17/h6-12,14H,13H2,1-5H3,(H2,24,25,28)/t14-/m1/s1. The van der Waals surface area contributed by atoms with E-state index in [2.05, 4.69) is 15.6 Å². The molecular formula is C21H27FN4O4. The molecule has 1 atom stereocenters. The number of pyridine rings is 1. The maximum atomic E-state index is 14.0. The molecule has 0 radical (unpaired) electrons. The minimum Gasteiger partial charge on any atom is -0.489 e. The molecule has 0 spiro atoms. The van der Waals surface area contributed by atoms with Gasteiger partial charge in [-0.25, -0.2) is 14.2 Å². The van der Waals surface area contributed by atoms with Gasteiger partial charge in [0.2, 0.25) is 5.91 Å². The molecule has 0 aliphatic rings. The summed E-state index contributed by atoms with van der Waals surface area (Å²) in [6.45, 7) is 8.76. The number of urea groups is 1. The Balaban J connectivity index is 2.01. The molecule has 30 heavy (non-hydrogen) atoms. The van der Waals surface area contributed by atoms with Gasteiger partial charge in [0, 0.05) is 30.9 Å². The third-order valence-corrected chi connectivity index (χ3v) is 3.54. The summed E-state index contributed by atoms with van der Waals surface area (Å²) in [5.74, 6) is -0.641. The number of anilines is 2. The molecule has 8 nitrogen and oxygen atoms in total. The average molecular weight is 418 g/mol. The Morgan fingerprint density at radius 1 is 1.20 bits per heavy atom. The smallest absolute Gasteiger partial charge is 0.323 e. The summed E-state index contributed by atoms with van der Waals surface area (Å²) in [7, 11) is 0. The summed E-state index contributed by atoms with van der Waals surface area (Å²) in [5.41, 5.74) is 0.163. The molecule has 2 aromatic rings. The van der Waals surface area contributed by atoms with E-state index in [4.69, 9.17) is 9.57 Å². The third kappa shape index (κ3) is 8.04. The third-order valence-electron chi connectivity index (χ3n) is 3.54. The van der Waals surface area contributed by atoms with E-state index in [-0.39, 0.29) is 23.9 Å². The van der Waals surface area contributed by atoms with E-state index in [1.165, 1.54) is 36.4 Å². The van der Waals surface area contributed by atoms with E-state index in [0.29, 0.717) is 5.69 Å². The van der Waals surface area contributed by atoms with E-state index < -0.39 is 23.6 Å². The molecule has 0 saturated carbocycles. The Morgan fingerprint density at radius 2 is 1.90 bits per heavy atom. The second-order valence-corrected chi connectivity index (χ2v) is 7.71. The molecule has 0 aliphatic carbocycles. The number of amides is 3. The number of nitrogens with one attached hydrogen (secondary N) is 2. The number of carbonyl (C=O) groups excluding carboxylic acids is 2. The molecule has 2 N–H and O–H groups in total. The molecule has 1 heterocycles. The fourth-order valence-corrected chi connectivity index (χ4v) is 2.50. The molecule has 0 fully saturated rings. The number of hydrogen-bond donors (Lipinski definition) is 2. The zero-order valence-corrected chi connectivity index (χ0v) is 17.7. The second kappa shape index (κ2) is 10.0. The minimum absolute atomic E-state index is 0.146. The Kier molecular flexibility index (Phi) is 7.71. The van der Waals surface area contributed by atoms with Crippen LogP contribution in [0.3, 0.4) is 0 Å². The van der Waals surface area contributed by atoms with Crippen molar-refractivity contribution in [2.75, 3.05) is 17.2 Å². The normalized spacial score (nSPS) is 12.1. The summed E-state index contributed by atoms with van der Waals surface area (Å²) in [6.07, 6.45) is 2.58. The summed E-state index contributed by atoms with van der Waals surface area (Å²) < 4.78 is 19.8. The molecule has 2 rings (SSSR count). The highest BCUT2D eigenvalue weighted by molar-refractivity contribution is 5.99. The Labute approximate surface area is 175 Å². The molecule has 1 aromatic carbocycles. The Bertz CT molecular complexity index is 871. The summed E-state index contributed by atoms with van der Waals surface area (Å²) in [4.78, 5) is 33.4. The number of ether oxygens (including phenoxy) is 1. The SMILES string of the molecule is CC(=O)N(C[C@@H](C)Oc1cc(F)cc(NC(=O)Nc2cccnc2)c1)OC(C)(C)C. The van der Waals surface area contributed by atoms with Gasteiger partial charge >= 0.3 is 6.03 Å². The van der Waals surface area contributed by atoms with Gasteiger partial charge in [-0.2, -0.15) is 0 Å². The predicted molar refractivity (Wildman–Crippen MR) is 112 cm³/mol. The maximum Gasteiger partial charge on any atom is 0.323 e. The van der Waals surface area contributed by atoms with Gasteiger partial charge in [-0.1, -0.05) is 0 Å². The van der Waals surface area contributed by atoms with Crippen LogP contribution in [0, 0.1) is 5.82 Å². The lowest BCUT2D eigenvalue weighted by Crippen LogP contribution is -2.42. The monoisotopic (exact) mass is 418 g/mol. The number of aromatic nitrogens is 1. The number of halogens is 1. The van der Waals surface area contributed by atoms with Crippen LogP contribution in [0.5, 0.6) is 5.75 Å². The quantitative estimate of drug-likeness (QED) is 0.657. The summed E-state index contributed by atoms with van der Waals surface area (Å²) in [5, 5.41) is 6.35. The molecule has 3 amide bonds. The largest absolute Gasteiger partial charge is 0.489 e.